The molecule has 0 amide bonds. The van der Waals surface area contributed by atoms with Crippen molar-refractivity contribution in [2.45, 2.75) is 129 Å². The second-order valence-electron chi connectivity index (χ2n) is 9.31. The van der Waals surface area contributed by atoms with Crippen LogP contribution in [0.5, 0.6) is 0 Å². The highest BCUT2D eigenvalue weighted by Crippen LogP contribution is 2.42. The minimum atomic E-state index is -0.971. The predicted octanol–water partition coefficient (Wildman–Crippen LogP) is 8.61. The Morgan fingerprint density at radius 3 is 1.72 bits per heavy atom. The first-order valence-electron chi connectivity index (χ1n) is 13.7. The second-order valence-corrected chi connectivity index (χ2v) is 9.31. The van der Waals surface area contributed by atoms with Crippen molar-refractivity contribution < 1.29 is 14.6 Å². The molecule has 32 heavy (non-hydrogen) atoms. The third kappa shape index (κ3) is 10.4. The van der Waals surface area contributed by atoms with Crippen LogP contribution < -0.4 is 0 Å². The van der Waals surface area contributed by atoms with E-state index in [0.29, 0.717) is 13.2 Å². The Bertz CT molecular complexity index is 518. The number of hydrogen-bond acceptors (Lipinski definition) is 3. The van der Waals surface area contributed by atoms with E-state index in [1.54, 1.807) is 0 Å². The molecule has 186 valence electrons. The molecule has 0 aliphatic heterocycles. The summed E-state index contributed by atoms with van der Waals surface area (Å²) in [5.74, 6) is -0.798. The van der Waals surface area contributed by atoms with Gasteiger partial charge in [0, 0.05) is 5.92 Å². The quantitative estimate of drug-likeness (QED) is 0.151. The molecule has 0 fully saturated rings. The van der Waals surface area contributed by atoms with Crippen LogP contribution in [0.3, 0.4) is 0 Å². The van der Waals surface area contributed by atoms with E-state index in [0.717, 1.165) is 56.9 Å². The molecular weight excluding hydrogens is 396 g/mol. The minimum Gasteiger partial charge on any atom is -0.383 e. The number of hydrogen-bond donors (Lipinski definition) is 1. The molecule has 0 heterocycles. The number of rotatable bonds is 21. The zero-order chi connectivity index (χ0) is 23.5. The number of aliphatic hydroxyl groups is 1. The summed E-state index contributed by atoms with van der Waals surface area (Å²) in [6.45, 7) is 10.2. The molecule has 0 saturated carbocycles. The molecule has 3 heteroatoms. The van der Waals surface area contributed by atoms with Gasteiger partial charge in [0.15, 0.2) is 0 Å². The van der Waals surface area contributed by atoms with Gasteiger partial charge in [0.25, 0.3) is 0 Å². The van der Waals surface area contributed by atoms with Gasteiger partial charge in [-0.15, -0.1) is 0 Å². The largest absolute Gasteiger partial charge is 0.383 e. The standard InChI is InChI=1S/C29H52O3/c1-5-9-12-13-14-18-23-27(8-4)29(31-24-19-10-6-2,32-25-20-11-7-3)28(30)26-21-16-15-17-22-26/h15-17,21-22,27-28,30H,5-14,18-20,23-25H2,1-4H3. The van der Waals surface area contributed by atoms with Crippen molar-refractivity contribution in [3.8, 4) is 0 Å². The Morgan fingerprint density at radius 1 is 0.688 bits per heavy atom. The Morgan fingerprint density at radius 2 is 1.19 bits per heavy atom. The van der Waals surface area contributed by atoms with Gasteiger partial charge in [-0.1, -0.05) is 122 Å². The maximum Gasteiger partial charge on any atom is 0.201 e. The molecule has 2 atom stereocenters. The summed E-state index contributed by atoms with van der Waals surface area (Å²) in [5.41, 5.74) is 0.889. The van der Waals surface area contributed by atoms with E-state index in [1.807, 2.05) is 30.3 Å². The number of aliphatic hydroxyl groups excluding tert-OH is 1. The van der Waals surface area contributed by atoms with Gasteiger partial charge in [-0.3, -0.25) is 0 Å². The summed E-state index contributed by atoms with van der Waals surface area (Å²) in [5, 5.41) is 11.7. The van der Waals surface area contributed by atoms with E-state index < -0.39 is 11.9 Å². The highest BCUT2D eigenvalue weighted by atomic mass is 16.7. The van der Waals surface area contributed by atoms with E-state index in [2.05, 4.69) is 27.7 Å². The SMILES string of the molecule is CCCCCCCCC(CC)C(OCCCCC)(OCCCCC)C(O)c1ccccc1. The molecular formula is C29H52O3. The Balaban J connectivity index is 3.05. The van der Waals surface area contributed by atoms with Crippen molar-refractivity contribution in [3.05, 3.63) is 35.9 Å². The summed E-state index contributed by atoms with van der Waals surface area (Å²) in [6, 6.07) is 9.98. The van der Waals surface area contributed by atoms with Gasteiger partial charge in [0.05, 0.1) is 13.2 Å². The van der Waals surface area contributed by atoms with Crippen molar-refractivity contribution in [2.24, 2.45) is 5.92 Å². The van der Waals surface area contributed by atoms with Gasteiger partial charge >= 0.3 is 0 Å². The lowest BCUT2D eigenvalue weighted by atomic mass is 9.83. The van der Waals surface area contributed by atoms with Gasteiger partial charge in [-0.2, -0.15) is 0 Å². The monoisotopic (exact) mass is 448 g/mol. The Hall–Kier alpha value is -0.900. The van der Waals surface area contributed by atoms with E-state index in [1.165, 1.54) is 38.5 Å². The molecule has 1 rings (SSSR count). The minimum absolute atomic E-state index is 0.173. The summed E-state index contributed by atoms with van der Waals surface area (Å²) in [6.07, 6.45) is 15.5. The highest BCUT2D eigenvalue weighted by molar-refractivity contribution is 5.20. The second kappa shape index (κ2) is 18.5. The van der Waals surface area contributed by atoms with Gasteiger partial charge in [0.2, 0.25) is 5.79 Å². The first-order chi connectivity index (χ1) is 15.7. The maximum atomic E-state index is 11.7. The van der Waals surface area contributed by atoms with Crippen LogP contribution in [0, 0.1) is 5.92 Å². The van der Waals surface area contributed by atoms with Crippen LogP contribution in [-0.2, 0) is 9.47 Å². The van der Waals surface area contributed by atoms with Crippen LogP contribution in [-0.4, -0.2) is 24.1 Å². The van der Waals surface area contributed by atoms with Crippen molar-refractivity contribution in [3.63, 3.8) is 0 Å². The van der Waals surface area contributed by atoms with Crippen molar-refractivity contribution in [2.75, 3.05) is 13.2 Å². The lowest BCUT2D eigenvalue weighted by molar-refractivity contribution is -0.315. The van der Waals surface area contributed by atoms with Crippen molar-refractivity contribution in [1.82, 2.24) is 0 Å². The molecule has 0 bridgehead atoms. The molecule has 0 radical (unpaired) electrons. The molecule has 1 N–H and O–H groups in total. The first kappa shape index (κ1) is 29.1. The number of unbranched alkanes of at least 4 members (excludes halogenated alkanes) is 9. The smallest absolute Gasteiger partial charge is 0.201 e. The van der Waals surface area contributed by atoms with Gasteiger partial charge in [0.1, 0.15) is 6.10 Å². The summed E-state index contributed by atoms with van der Waals surface area (Å²) >= 11 is 0. The maximum absolute atomic E-state index is 11.7. The topological polar surface area (TPSA) is 38.7 Å². The number of benzene rings is 1. The molecule has 0 aliphatic rings. The van der Waals surface area contributed by atoms with Crippen LogP contribution in [0.2, 0.25) is 0 Å². The lowest BCUT2D eigenvalue weighted by Gasteiger charge is -2.44. The molecule has 1 aromatic carbocycles. The van der Waals surface area contributed by atoms with E-state index in [9.17, 15) is 5.11 Å². The molecule has 0 aliphatic carbocycles. The first-order valence-corrected chi connectivity index (χ1v) is 13.7. The normalized spacial score (nSPS) is 13.9. The van der Waals surface area contributed by atoms with Gasteiger partial charge in [-0.25, -0.2) is 0 Å². The summed E-state index contributed by atoms with van der Waals surface area (Å²) in [7, 11) is 0. The Labute approximate surface area is 199 Å². The van der Waals surface area contributed by atoms with Crippen LogP contribution in [0.4, 0.5) is 0 Å². The highest BCUT2D eigenvalue weighted by Gasteiger charge is 2.47. The third-order valence-corrected chi connectivity index (χ3v) is 6.62. The molecule has 0 aromatic heterocycles. The van der Waals surface area contributed by atoms with Crippen molar-refractivity contribution in [1.29, 1.82) is 0 Å². The fourth-order valence-electron chi connectivity index (χ4n) is 4.55. The molecule has 0 spiro atoms. The molecule has 0 saturated heterocycles. The predicted molar refractivity (Wildman–Crippen MR) is 137 cm³/mol. The third-order valence-electron chi connectivity index (χ3n) is 6.62. The van der Waals surface area contributed by atoms with Crippen LogP contribution >= 0.6 is 0 Å². The molecule has 1 aromatic rings. The van der Waals surface area contributed by atoms with E-state index in [-0.39, 0.29) is 5.92 Å². The van der Waals surface area contributed by atoms with Crippen LogP contribution in [0.25, 0.3) is 0 Å². The number of ether oxygens (including phenoxy) is 2. The zero-order valence-corrected chi connectivity index (χ0v) is 21.6. The van der Waals surface area contributed by atoms with Gasteiger partial charge in [-0.05, 0) is 31.2 Å². The summed E-state index contributed by atoms with van der Waals surface area (Å²) in [4.78, 5) is 0. The van der Waals surface area contributed by atoms with E-state index >= 15 is 0 Å². The van der Waals surface area contributed by atoms with E-state index in [4.69, 9.17) is 9.47 Å². The zero-order valence-electron chi connectivity index (χ0n) is 21.6. The fraction of sp³-hybridized carbons (Fsp3) is 0.793. The fourth-order valence-corrected chi connectivity index (χ4v) is 4.55. The summed E-state index contributed by atoms with van der Waals surface area (Å²) < 4.78 is 13.2. The van der Waals surface area contributed by atoms with Crippen LogP contribution in [0.15, 0.2) is 30.3 Å². The molecule has 2 unspecified atom stereocenters. The van der Waals surface area contributed by atoms with Gasteiger partial charge < -0.3 is 14.6 Å². The average molecular weight is 449 g/mol. The van der Waals surface area contributed by atoms with Crippen molar-refractivity contribution >= 4 is 0 Å². The van der Waals surface area contributed by atoms with Crippen LogP contribution in [0.1, 0.15) is 129 Å². The Kier molecular flexibility index (Phi) is 16.9. The molecule has 3 nitrogen and oxygen atoms in total. The average Bonchev–Trinajstić information content (AvgIpc) is 2.83. The lowest BCUT2D eigenvalue weighted by Crippen LogP contribution is -2.49.